The van der Waals surface area contributed by atoms with Crippen molar-refractivity contribution < 1.29 is 32.4 Å². The molecule has 0 radical (unpaired) electrons. The molecule has 0 fully saturated rings. The van der Waals surface area contributed by atoms with Crippen LogP contribution in [0.25, 0.3) is 0 Å². The van der Waals surface area contributed by atoms with Crippen molar-refractivity contribution in [2.24, 2.45) is 5.92 Å². The Balaban J connectivity index is 1.62. The van der Waals surface area contributed by atoms with Gasteiger partial charge in [-0.1, -0.05) is 18.1 Å². The van der Waals surface area contributed by atoms with Crippen molar-refractivity contribution >= 4 is 44.7 Å². The number of hydrogen-bond donors (Lipinski definition) is 3. The quantitative estimate of drug-likeness (QED) is 0.353. The van der Waals surface area contributed by atoms with Crippen molar-refractivity contribution in [1.29, 1.82) is 0 Å². The van der Waals surface area contributed by atoms with Crippen LogP contribution in [0.3, 0.4) is 0 Å². The SMILES string of the molecule is Cc1noc(C)c1NC(=O)Nc1ccc2c(c1)CC(=O)N([C@@H](C)CO)C[C@@H](C)[C@@H](CN(C)S(=O)(=O)c1cccs1)O2. The van der Waals surface area contributed by atoms with Crippen LogP contribution in [0.15, 0.2) is 44.4 Å². The molecule has 1 aliphatic rings. The van der Waals surface area contributed by atoms with E-state index in [9.17, 15) is 23.1 Å². The lowest BCUT2D eigenvalue weighted by molar-refractivity contribution is -0.134. The van der Waals surface area contributed by atoms with Gasteiger partial charge in [0.25, 0.3) is 10.0 Å². The minimum atomic E-state index is -3.73. The number of anilines is 2. The molecule has 0 saturated carbocycles. The van der Waals surface area contributed by atoms with Crippen molar-refractivity contribution in [1.82, 2.24) is 14.4 Å². The molecule has 3 amide bonds. The van der Waals surface area contributed by atoms with E-state index >= 15 is 0 Å². The Morgan fingerprint density at radius 1 is 1.29 bits per heavy atom. The molecular weight excluding hydrogens is 570 g/mol. The van der Waals surface area contributed by atoms with Crippen LogP contribution in [0.2, 0.25) is 0 Å². The number of aromatic nitrogens is 1. The number of likely N-dealkylation sites (N-methyl/N-ethyl adjacent to an activating group) is 1. The van der Waals surface area contributed by atoms with Crippen LogP contribution < -0.4 is 15.4 Å². The maximum absolute atomic E-state index is 13.4. The zero-order valence-corrected chi connectivity index (χ0v) is 25.2. The number of benzene rings is 1. The van der Waals surface area contributed by atoms with Crippen LogP contribution in [-0.2, 0) is 21.2 Å². The first-order valence-corrected chi connectivity index (χ1v) is 15.4. The number of hydrogen-bond acceptors (Lipinski definition) is 9. The molecule has 0 spiro atoms. The average molecular weight is 606 g/mol. The Labute approximate surface area is 243 Å². The van der Waals surface area contributed by atoms with Crippen LogP contribution in [0.1, 0.15) is 30.9 Å². The summed E-state index contributed by atoms with van der Waals surface area (Å²) in [6, 6.07) is 7.22. The van der Waals surface area contributed by atoms with Gasteiger partial charge >= 0.3 is 6.03 Å². The van der Waals surface area contributed by atoms with Gasteiger partial charge in [0, 0.05) is 30.8 Å². The molecular formula is C27H35N5O7S2. The van der Waals surface area contributed by atoms with E-state index in [-0.39, 0.29) is 42.2 Å². The second-order valence-electron chi connectivity index (χ2n) is 10.2. The van der Waals surface area contributed by atoms with E-state index < -0.39 is 28.2 Å². The lowest BCUT2D eigenvalue weighted by Crippen LogP contribution is -2.48. The number of carbonyl (C=O) groups is 2. The number of nitrogens with zero attached hydrogens (tertiary/aromatic N) is 3. The summed E-state index contributed by atoms with van der Waals surface area (Å²) in [5.41, 5.74) is 1.95. The van der Waals surface area contributed by atoms with E-state index in [1.54, 1.807) is 61.4 Å². The normalized spacial score (nSPS) is 18.6. The summed E-state index contributed by atoms with van der Waals surface area (Å²) in [6.07, 6.45) is -0.655. The number of fused-ring (bicyclic) bond motifs is 1. The second kappa shape index (κ2) is 12.6. The summed E-state index contributed by atoms with van der Waals surface area (Å²) >= 11 is 1.14. The van der Waals surface area contributed by atoms with Crippen LogP contribution in [-0.4, -0.2) is 78.7 Å². The predicted octanol–water partition coefficient (Wildman–Crippen LogP) is 3.47. The van der Waals surface area contributed by atoms with Gasteiger partial charge in [-0.15, -0.1) is 11.3 Å². The van der Waals surface area contributed by atoms with Gasteiger partial charge in [0.1, 0.15) is 27.4 Å². The maximum atomic E-state index is 13.4. The number of aryl methyl sites for hydroxylation is 2. The molecule has 2 aromatic heterocycles. The van der Waals surface area contributed by atoms with Gasteiger partial charge in [0.2, 0.25) is 5.91 Å². The van der Waals surface area contributed by atoms with Crippen molar-refractivity contribution in [2.45, 2.75) is 50.5 Å². The van der Waals surface area contributed by atoms with Gasteiger partial charge in [0.05, 0.1) is 25.6 Å². The largest absolute Gasteiger partial charge is 0.488 e. The molecule has 1 aliphatic heterocycles. The van der Waals surface area contributed by atoms with Crippen molar-refractivity contribution in [3.8, 4) is 5.75 Å². The highest BCUT2D eigenvalue weighted by molar-refractivity contribution is 7.91. The summed E-state index contributed by atoms with van der Waals surface area (Å²) in [7, 11) is -2.23. The molecule has 41 heavy (non-hydrogen) atoms. The number of aliphatic hydroxyl groups is 1. The Bertz CT molecular complexity index is 1470. The summed E-state index contributed by atoms with van der Waals surface area (Å²) in [5, 5.41) is 20.9. The maximum Gasteiger partial charge on any atom is 0.323 e. The molecule has 0 bridgehead atoms. The third-order valence-electron chi connectivity index (χ3n) is 7.04. The number of rotatable bonds is 8. The van der Waals surface area contributed by atoms with Crippen molar-refractivity contribution in [2.75, 3.05) is 37.4 Å². The minimum Gasteiger partial charge on any atom is -0.488 e. The summed E-state index contributed by atoms with van der Waals surface area (Å²) < 4.78 is 39.3. The Morgan fingerprint density at radius 3 is 2.68 bits per heavy atom. The number of nitrogens with one attached hydrogen (secondary N) is 2. The third kappa shape index (κ3) is 6.89. The topological polar surface area (TPSA) is 154 Å². The number of ether oxygens (including phenoxy) is 1. The number of thiophene rings is 1. The van der Waals surface area contributed by atoms with Crippen LogP contribution in [0.5, 0.6) is 5.75 Å². The number of amides is 3. The van der Waals surface area contributed by atoms with Gasteiger partial charge in [-0.2, -0.15) is 4.31 Å². The van der Waals surface area contributed by atoms with Gasteiger partial charge in [0.15, 0.2) is 5.76 Å². The zero-order valence-electron chi connectivity index (χ0n) is 23.6. The highest BCUT2D eigenvalue weighted by atomic mass is 32.2. The summed E-state index contributed by atoms with van der Waals surface area (Å²) in [6.45, 7) is 7.11. The highest BCUT2D eigenvalue weighted by Gasteiger charge is 2.33. The fourth-order valence-electron chi connectivity index (χ4n) is 4.58. The Kier molecular flexibility index (Phi) is 9.37. The first-order chi connectivity index (χ1) is 19.4. The summed E-state index contributed by atoms with van der Waals surface area (Å²) in [5.74, 6) is 0.377. The first-order valence-electron chi connectivity index (χ1n) is 13.1. The lowest BCUT2D eigenvalue weighted by atomic mass is 10.0. The lowest BCUT2D eigenvalue weighted by Gasteiger charge is -2.33. The molecule has 3 aromatic rings. The fraction of sp³-hybridized carbons (Fsp3) is 0.444. The monoisotopic (exact) mass is 605 g/mol. The van der Waals surface area contributed by atoms with Gasteiger partial charge in [-0.3, -0.25) is 4.79 Å². The van der Waals surface area contributed by atoms with E-state index in [1.165, 1.54) is 11.4 Å². The molecule has 0 saturated heterocycles. The molecule has 1 aromatic carbocycles. The smallest absolute Gasteiger partial charge is 0.323 e. The average Bonchev–Trinajstić information content (AvgIpc) is 3.59. The molecule has 4 rings (SSSR count). The highest BCUT2D eigenvalue weighted by Crippen LogP contribution is 2.30. The van der Waals surface area contributed by atoms with Gasteiger partial charge in [-0.05, 0) is 50.4 Å². The van der Waals surface area contributed by atoms with Crippen LogP contribution in [0.4, 0.5) is 16.2 Å². The van der Waals surface area contributed by atoms with E-state index in [0.29, 0.717) is 34.1 Å². The Hall–Kier alpha value is -3.46. The molecule has 3 heterocycles. The van der Waals surface area contributed by atoms with Gasteiger partial charge < -0.3 is 29.9 Å². The van der Waals surface area contributed by atoms with E-state index in [1.807, 2.05) is 6.92 Å². The van der Waals surface area contributed by atoms with E-state index in [0.717, 1.165) is 11.3 Å². The molecule has 0 aliphatic carbocycles. The fourth-order valence-corrected chi connectivity index (χ4v) is 6.96. The number of aliphatic hydroxyl groups excluding tert-OH is 1. The predicted molar refractivity (Wildman–Crippen MR) is 155 cm³/mol. The first kappa shape index (κ1) is 30.5. The van der Waals surface area contributed by atoms with E-state index in [2.05, 4.69) is 15.8 Å². The summed E-state index contributed by atoms with van der Waals surface area (Å²) in [4.78, 5) is 27.7. The van der Waals surface area contributed by atoms with Gasteiger partial charge in [-0.25, -0.2) is 13.2 Å². The molecule has 3 atom stereocenters. The molecule has 14 heteroatoms. The number of sulfonamides is 1. The molecule has 12 nitrogen and oxygen atoms in total. The van der Waals surface area contributed by atoms with Crippen molar-refractivity contribution in [3.05, 3.63) is 52.7 Å². The zero-order chi connectivity index (χ0) is 29.9. The second-order valence-corrected chi connectivity index (χ2v) is 13.4. The van der Waals surface area contributed by atoms with Crippen LogP contribution in [0, 0.1) is 19.8 Å². The molecule has 3 N–H and O–H groups in total. The Morgan fingerprint density at radius 2 is 2.05 bits per heavy atom. The molecule has 0 unspecified atom stereocenters. The standard InChI is InChI=1S/C27H35N5O7S2/c1-16-13-32(17(2)15-33)24(34)12-20-11-21(28-27(35)29-26-18(3)30-39-19(26)4)8-9-22(20)38-23(16)14-31(5)41(36,37)25-7-6-10-40-25/h6-11,16-17,23,33H,12-15H2,1-5H3,(H2,28,29,35)/t16-,17+,23-/m1/s1. The minimum absolute atomic E-state index is 0.0379. The number of carbonyl (C=O) groups excluding carboxylic acids is 2. The van der Waals surface area contributed by atoms with Crippen molar-refractivity contribution in [3.63, 3.8) is 0 Å². The third-order valence-corrected chi connectivity index (χ3v) is 10.2. The molecule has 222 valence electrons. The number of urea groups is 1. The van der Waals surface area contributed by atoms with E-state index in [4.69, 9.17) is 9.26 Å². The van der Waals surface area contributed by atoms with Crippen LogP contribution >= 0.6 is 11.3 Å².